The topological polar surface area (TPSA) is 46.5 Å². The van der Waals surface area contributed by atoms with E-state index in [0.29, 0.717) is 6.42 Å². The van der Waals surface area contributed by atoms with Crippen molar-refractivity contribution < 1.29 is 4.39 Å². The number of imidazole rings is 1. The van der Waals surface area contributed by atoms with Crippen LogP contribution in [0.25, 0.3) is 11.4 Å². The third-order valence-electron chi connectivity index (χ3n) is 6.75. The molecule has 180 valence electrons. The van der Waals surface area contributed by atoms with E-state index in [-0.39, 0.29) is 5.82 Å². The molecule has 0 bridgehead atoms. The highest BCUT2D eigenvalue weighted by Crippen LogP contribution is 2.41. The summed E-state index contributed by atoms with van der Waals surface area (Å²) in [6.45, 7) is 0. The van der Waals surface area contributed by atoms with Crippen LogP contribution in [0.5, 0.6) is 0 Å². The van der Waals surface area contributed by atoms with Gasteiger partial charge in [0.05, 0.1) is 6.33 Å². The van der Waals surface area contributed by atoms with Crippen molar-refractivity contribution in [1.29, 1.82) is 0 Å². The lowest BCUT2D eigenvalue weighted by Gasteiger charge is -2.37. The third-order valence-corrected chi connectivity index (χ3v) is 6.75. The number of hydrogen-bond acceptors (Lipinski definition) is 2. The number of halogens is 1. The summed E-state index contributed by atoms with van der Waals surface area (Å²) in [7, 11) is 0. The smallest absolute Gasteiger partial charge is 0.123 e. The van der Waals surface area contributed by atoms with Crippen LogP contribution in [-0.2, 0) is 12.0 Å². The molecule has 0 saturated heterocycles. The van der Waals surface area contributed by atoms with Gasteiger partial charge >= 0.3 is 0 Å². The van der Waals surface area contributed by atoms with Crippen LogP contribution in [0, 0.1) is 5.82 Å². The predicted molar refractivity (Wildman–Crippen MR) is 144 cm³/mol. The van der Waals surface area contributed by atoms with Gasteiger partial charge in [-0.05, 0) is 40.5 Å². The Morgan fingerprint density at radius 2 is 1.22 bits per heavy atom. The first-order valence-electron chi connectivity index (χ1n) is 12.2. The van der Waals surface area contributed by atoms with Crippen LogP contribution in [0.4, 0.5) is 4.39 Å². The molecule has 6 aromatic rings. The standard InChI is InChI=1S/C32H25FN4/c33-28-18-16-24(17-19-28)20-29-21-30(36-35-29)31-22-37(23-34-31)32(25-10-4-1-5-11-25,26-12-6-2-7-13-26)27-14-8-3-9-15-27/h1-19,21-23H,20H2,(H,35,36). The highest BCUT2D eigenvalue weighted by Gasteiger charge is 2.38. The molecule has 0 unspecified atom stereocenters. The Hall–Kier alpha value is -4.77. The largest absolute Gasteiger partial charge is 0.318 e. The molecule has 5 heteroatoms. The Labute approximate surface area is 215 Å². The SMILES string of the molecule is Fc1ccc(Cc2cc(-c3cn(C(c4ccccc4)(c4ccccc4)c4ccccc4)cn3)n[nH]2)cc1. The van der Waals surface area contributed by atoms with Crippen molar-refractivity contribution in [3.05, 3.63) is 168 Å². The Bertz CT molecular complexity index is 1490. The molecule has 0 radical (unpaired) electrons. The minimum Gasteiger partial charge on any atom is -0.318 e. The van der Waals surface area contributed by atoms with E-state index in [4.69, 9.17) is 4.98 Å². The van der Waals surface area contributed by atoms with Crippen LogP contribution in [0.3, 0.4) is 0 Å². The Balaban J connectivity index is 1.46. The molecule has 0 spiro atoms. The number of nitrogens with one attached hydrogen (secondary N) is 1. The lowest BCUT2D eigenvalue weighted by atomic mass is 9.77. The van der Waals surface area contributed by atoms with Gasteiger partial charge in [0.2, 0.25) is 0 Å². The molecule has 2 aromatic heterocycles. The molecule has 0 aliphatic heterocycles. The molecule has 0 aliphatic rings. The van der Waals surface area contributed by atoms with Crippen molar-refractivity contribution in [2.75, 3.05) is 0 Å². The van der Waals surface area contributed by atoms with Gasteiger partial charge in [0.15, 0.2) is 0 Å². The van der Waals surface area contributed by atoms with E-state index in [1.165, 1.54) is 12.1 Å². The van der Waals surface area contributed by atoms with Crippen LogP contribution in [0.15, 0.2) is 134 Å². The zero-order valence-corrected chi connectivity index (χ0v) is 20.1. The van der Waals surface area contributed by atoms with Gasteiger partial charge in [0.1, 0.15) is 22.7 Å². The lowest BCUT2D eigenvalue weighted by Crippen LogP contribution is -2.36. The highest BCUT2D eigenvalue weighted by atomic mass is 19.1. The molecule has 2 heterocycles. The molecule has 4 aromatic carbocycles. The summed E-state index contributed by atoms with van der Waals surface area (Å²) in [4.78, 5) is 4.79. The quantitative estimate of drug-likeness (QED) is 0.252. The van der Waals surface area contributed by atoms with E-state index in [0.717, 1.165) is 39.3 Å². The summed E-state index contributed by atoms with van der Waals surface area (Å²) in [5.41, 5.74) is 6.27. The number of aromatic amines is 1. The molecule has 0 saturated carbocycles. The van der Waals surface area contributed by atoms with Gasteiger partial charge in [0.25, 0.3) is 0 Å². The summed E-state index contributed by atoms with van der Waals surface area (Å²) >= 11 is 0. The number of H-pyrrole nitrogens is 1. The average Bonchev–Trinajstić information content (AvgIpc) is 3.63. The van der Waals surface area contributed by atoms with Gasteiger partial charge in [-0.15, -0.1) is 0 Å². The lowest BCUT2D eigenvalue weighted by molar-refractivity contribution is 0.515. The molecule has 0 aliphatic carbocycles. The van der Waals surface area contributed by atoms with Crippen molar-refractivity contribution in [2.24, 2.45) is 0 Å². The van der Waals surface area contributed by atoms with Gasteiger partial charge < -0.3 is 4.57 Å². The molecule has 4 nitrogen and oxygen atoms in total. The minimum atomic E-state index is -0.623. The Kier molecular flexibility index (Phi) is 5.95. The second-order valence-electron chi connectivity index (χ2n) is 9.06. The second kappa shape index (κ2) is 9.70. The summed E-state index contributed by atoms with van der Waals surface area (Å²) in [5, 5.41) is 7.66. The van der Waals surface area contributed by atoms with Crippen molar-refractivity contribution >= 4 is 0 Å². The first kappa shape index (κ1) is 22.7. The first-order chi connectivity index (χ1) is 18.2. The zero-order valence-electron chi connectivity index (χ0n) is 20.1. The fraction of sp³-hybridized carbons (Fsp3) is 0.0625. The van der Waals surface area contributed by atoms with Crippen LogP contribution in [0.1, 0.15) is 27.9 Å². The number of hydrogen-bond donors (Lipinski definition) is 1. The summed E-state index contributed by atoms with van der Waals surface area (Å²) < 4.78 is 15.5. The van der Waals surface area contributed by atoms with E-state index < -0.39 is 5.54 Å². The first-order valence-corrected chi connectivity index (χ1v) is 12.2. The molecule has 6 rings (SSSR count). The van der Waals surface area contributed by atoms with Crippen molar-refractivity contribution in [3.63, 3.8) is 0 Å². The van der Waals surface area contributed by atoms with Crippen LogP contribution in [0.2, 0.25) is 0 Å². The van der Waals surface area contributed by atoms with E-state index in [9.17, 15) is 4.39 Å². The Morgan fingerprint density at radius 1 is 0.676 bits per heavy atom. The van der Waals surface area contributed by atoms with Crippen molar-refractivity contribution in [1.82, 2.24) is 19.7 Å². The third kappa shape index (κ3) is 4.25. The maximum absolute atomic E-state index is 13.3. The number of rotatable bonds is 7. The van der Waals surface area contributed by atoms with Gasteiger partial charge in [-0.25, -0.2) is 9.37 Å². The maximum atomic E-state index is 13.3. The van der Waals surface area contributed by atoms with Crippen LogP contribution < -0.4 is 0 Å². The molecule has 0 fully saturated rings. The fourth-order valence-electron chi connectivity index (χ4n) is 5.03. The van der Waals surface area contributed by atoms with E-state index in [1.807, 2.05) is 30.6 Å². The number of nitrogens with zero attached hydrogens (tertiary/aromatic N) is 3. The fourth-order valence-corrected chi connectivity index (χ4v) is 5.03. The molecule has 0 atom stereocenters. The molecular formula is C32H25FN4. The maximum Gasteiger partial charge on any atom is 0.123 e. The van der Waals surface area contributed by atoms with Gasteiger partial charge in [-0.3, -0.25) is 5.10 Å². The van der Waals surface area contributed by atoms with Gasteiger partial charge in [-0.2, -0.15) is 5.10 Å². The van der Waals surface area contributed by atoms with E-state index in [1.54, 1.807) is 12.1 Å². The Morgan fingerprint density at radius 3 is 1.76 bits per heavy atom. The summed E-state index contributed by atoms with van der Waals surface area (Å²) in [6.07, 6.45) is 4.58. The molecular weight excluding hydrogens is 459 g/mol. The number of aromatic nitrogens is 4. The van der Waals surface area contributed by atoms with Crippen molar-refractivity contribution in [2.45, 2.75) is 12.0 Å². The van der Waals surface area contributed by atoms with Crippen LogP contribution in [-0.4, -0.2) is 19.7 Å². The molecule has 1 N–H and O–H groups in total. The number of benzene rings is 4. The molecule has 0 amide bonds. The normalized spacial score (nSPS) is 11.5. The average molecular weight is 485 g/mol. The van der Waals surface area contributed by atoms with E-state index >= 15 is 0 Å². The van der Waals surface area contributed by atoms with Gasteiger partial charge in [-0.1, -0.05) is 103 Å². The molecule has 37 heavy (non-hydrogen) atoms. The summed E-state index contributed by atoms with van der Waals surface area (Å²) in [6, 6.07) is 40.1. The highest BCUT2D eigenvalue weighted by molar-refractivity contribution is 5.56. The zero-order chi connectivity index (χ0) is 25.1. The van der Waals surface area contributed by atoms with Crippen LogP contribution >= 0.6 is 0 Å². The second-order valence-corrected chi connectivity index (χ2v) is 9.06. The summed E-state index contributed by atoms with van der Waals surface area (Å²) in [5.74, 6) is -0.238. The van der Waals surface area contributed by atoms with E-state index in [2.05, 4.69) is 93.8 Å². The monoisotopic (exact) mass is 484 g/mol. The van der Waals surface area contributed by atoms with Gasteiger partial charge in [0, 0.05) is 18.3 Å². The predicted octanol–water partition coefficient (Wildman–Crippen LogP) is 6.84. The van der Waals surface area contributed by atoms with Crippen molar-refractivity contribution in [3.8, 4) is 11.4 Å². The minimum absolute atomic E-state index is 0.238.